The van der Waals surface area contributed by atoms with E-state index in [1.165, 1.54) is 22.9 Å². The highest BCUT2D eigenvalue weighted by Crippen LogP contribution is 2.22. The molecule has 1 unspecified atom stereocenters. The molecule has 0 saturated carbocycles. The second kappa shape index (κ2) is 7.86. The van der Waals surface area contributed by atoms with E-state index >= 15 is 0 Å². The van der Waals surface area contributed by atoms with Crippen molar-refractivity contribution in [1.82, 2.24) is 10.6 Å². The van der Waals surface area contributed by atoms with Crippen molar-refractivity contribution < 1.29 is 4.79 Å². The predicted molar refractivity (Wildman–Crippen MR) is 96.1 cm³/mol. The number of hydrogen-bond donors (Lipinski definition) is 2. The fourth-order valence-corrected chi connectivity index (χ4v) is 3.58. The van der Waals surface area contributed by atoms with Crippen molar-refractivity contribution in [3.8, 4) is 0 Å². The van der Waals surface area contributed by atoms with Crippen molar-refractivity contribution >= 4 is 29.3 Å². The minimum absolute atomic E-state index is 0.0507. The van der Waals surface area contributed by atoms with Crippen LogP contribution in [0.3, 0.4) is 0 Å². The summed E-state index contributed by atoms with van der Waals surface area (Å²) in [6.45, 7) is 1.58. The predicted octanol–water partition coefficient (Wildman–Crippen LogP) is 3.44. The Balaban J connectivity index is 1.49. The first-order valence-corrected chi connectivity index (χ1v) is 9.05. The summed E-state index contributed by atoms with van der Waals surface area (Å²) >= 11 is 7.37. The zero-order valence-electron chi connectivity index (χ0n) is 12.7. The lowest BCUT2D eigenvalue weighted by atomic mass is 9.94. The third-order valence-corrected chi connectivity index (χ3v) is 5.17. The third-order valence-electron chi connectivity index (χ3n) is 3.90. The minimum atomic E-state index is 0.0507. The molecule has 3 nitrogen and oxygen atoms in total. The van der Waals surface area contributed by atoms with Crippen molar-refractivity contribution in [3.63, 3.8) is 0 Å². The zero-order valence-corrected chi connectivity index (χ0v) is 14.3. The summed E-state index contributed by atoms with van der Waals surface area (Å²) < 4.78 is 0. The maximum atomic E-state index is 12.1. The molecule has 1 aliphatic heterocycles. The first-order chi connectivity index (χ1) is 11.2. The number of benzene rings is 2. The molecule has 2 N–H and O–H groups in total. The number of hydrogen-bond acceptors (Lipinski definition) is 3. The zero-order chi connectivity index (χ0) is 16.1. The van der Waals surface area contributed by atoms with E-state index in [2.05, 4.69) is 34.9 Å². The van der Waals surface area contributed by atoms with Gasteiger partial charge < -0.3 is 10.6 Å². The number of nitrogens with one attached hydrogen (secondary N) is 2. The van der Waals surface area contributed by atoms with Gasteiger partial charge in [-0.2, -0.15) is 0 Å². The fourth-order valence-electron chi connectivity index (χ4n) is 2.72. The highest BCUT2D eigenvalue weighted by Gasteiger charge is 2.19. The maximum absolute atomic E-state index is 12.1. The Morgan fingerprint density at radius 3 is 2.83 bits per heavy atom. The molecule has 1 atom stereocenters. The number of halogens is 1. The van der Waals surface area contributed by atoms with Crippen LogP contribution in [0, 0.1) is 0 Å². The number of carbonyl (C=O) groups is 1. The van der Waals surface area contributed by atoms with Crippen molar-refractivity contribution in [2.24, 2.45) is 0 Å². The van der Waals surface area contributed by atoms with E-state index in [4.69, 9.17) is 11.6 Å². The molecule has 3 rings (SSSR count). The monoisotopic (exact) mass is 346 g/mol. The van der Waals surface area contributed by atoms with Gasteiger partial charge in [-0.3, -0.25) is 4.79 Å². The molecule has 1 amide bonds. The molecule has 0 fully saturated rings. The Bertz CT molecular complexity index is 675. The van der Waals surface area contributed by atoms with E-state index in [1.54, 1.807) is 0 Å². The number of fused-ring (bicyclic) bond motifs is 1. The van der Waals surface area contributed by atoms with Crippen LogP contribution in [0.5, 0.6) is 0 Å². The Hall–Kier alpha value is -1.49. The fraction of sp³-hybridized carbons (Fsp3) is 0.278. The normalized spacial score (nSPS) is 16.7. The largest absolute Gasteiger partial charge is 0.353 e. The molecular formula is C18H19ClN2OS. The molecule has 2 aromatic rings. The first kappa shape index (κ1) is 16.4. The number of thioether (sulfide) groups is 1. The lowest BCUT2D eigenvalue weighted by Crippen LogP contribution is -2.39. The van der Waals surface area contributed by atoms with E-state index in [0.29, 0.717) is 17.3 Å². The van der Waals surface area contributed by atoms with Crippen LogP contribution in [-0.2, 0) is 11.2 Å². The molecule has 0 radical (unpaired) electrons. The minimum Gasteiger partial charge on any atom is -0.353 e. The second-order valence-corrected chi connectivity index (χ2v) is 6.99. The van der Waals surface area contributed by atoms with Crippen molar-refractivity contribution in [1.29, 1.82) is 0 Å². The summed E-state index contributed by atoms with van der Waals surface area (Å²) in [4.78, 5) is 13.1. The highest BCUT2D eigenvalue weighted by molar-refractivity contribution is 8.00. The van der Waals surface area contributed by atoms with Gasteiger partial charge in [-0.05, 0) is 48.4 Å². The van der Waals surface area contributed by atoms with Gasteiger partial charge >= 0.3 is 0 Å². The molecule has 2 aromatic carbocycles. The number of rotatable bonds is 5. The van der Waals surface area contributed by atoms with Crippen LogP contribution in [0.15, 0.2) is 53.4 Å². The van der Waals surface area contributed by atoms with Crippen molar-refractivity contribution in [3.05, 3.63) is 64.7 Å². The number of carbonyl (C=O) groups excluding carboxylic acids is 1. The average molecular weight is 347 g/mol. The van der Waals surface area contributed by atoms with Crippen LogP contribution < -0.4 is 10.6 Å². The molecule has 23 heavy (non-hydrogen) atoms. The Morgan fingerprint density at radius 1 is 1.22 bits per heavy atom. The topological polar surface area (TPSA) is 41.1 Å². The summed E-state index contributed by atoms with van der Waals surface area (Å²) in [6, 6.07) is 16.2. The SMILES string of the molecule is O=C(CSc1ccc(Cl)cc1)NCC1NCCc2ccccc21. The summed E-state index contributed by atoms with van der Waals surface area (Å²) in [5.41, 5.74) is 2.67. The molecule has 5 heteroatoms. The summed E-state index contributed by atoms with van der Waals surface area (Å²) in [5.74, 6) is 0.463. The second-order valence-electron chi connectivity index (χ2n) is 5.50. The van der Waals surface area contributed by atoms with Gasteiger partial charge in [0.1, 0.15) is 0 Å². The Labute approximate surface area is 145 Å². The summed E-state index contributed by atoms with van der Waals surface area (Å²) in [6.07, 6.45) is 1.05. The van der Waals surface area contributed by atoms with Crippen LogP contribution >= 0.6 is 23.4 Å². The van der Waals surface area contributed by atoms with Crippen LogP contribution in [0.1, 0.15) is 17.2 Å². The molecule has 120 valence electrons. The molecular weight excluding hydrogens is 328 g/mol. The van der Waals surface area contributed by atoms with Crippen LogP contribution in [-0.4, -0.2) is 24.7 Å². The van der Waals surface area contributed by atoms with Gasteiger partial charge in [0.15, 0.2) is 0 Å². The molecule has 0 spiro atoms. The lowest BCUT2D eigenvalue weighted by Gasteiger charge is -2.27. The summed E-state index contributed by atoms with van der Waals surface area (Å²) in [7, 11) is 0. The quantitative estimate of drug-likeness (QED) is 0.815. The summed E-state index contributed by atoms with van der Waals surface area (Å²) in [5, 5.41) is 7.21. The maximum Gasteiger partial charge on any atom is 0.230 e. The van der Waals surface area contributed by atoms with E-state index < -0.39 is 0 Å². The van der Waals surface area contributed by atoms with Gasteiger partial charge in [0.05, 0.1) is 5.75 Å². The third kappa shape index (κ3) is 4.50. The van der Waals surface area contributed by atoms with E-state index in [9.17, 15) is 4.79 Å². The first-order valence-electron chi connectivity index (χ1n) is 7.68. The van der Waals surface area contributed by atoms with Crippen molar-refractivity contribution in [2.75, 3.05) is 18.8 Å². The van der Waals surface area contributed by atoms with E-state index in [1.807, 2.05) is 24.3 Å². The molecule has 1 aliphatic rings. The van der Waals surface area contributed by atoms with E-state index in [0.717, 1.165) is 17.9 Å². The smallest absolute Gasteiger partial charge is 0.230 e. The molecule has 0 aliphatic carbocycles. The Kier molecular flexibility index (Phi) is 5.60. The molecule has 0 bridgehead atoms. The average Bonchev–Trinajstić information content (AvgIpc) is 2.59. The van der Waals surface area contributed by atoms with Gasteiger partial charge in [-0.1, -0.05) is 35.9 Å². The van der Waals surface area contributed by atoms with Gasteiger partial charge in [-0.25, -0.2) is 0 Å². The molecule has 0 saturated heterocycles. The van der Waals surface area contributed by atoms with Gasteiger partial charge in [0.25, 0.3) is 0 Å². The lowest BCUT2D eigenvalue weighted by molar-refractivity contribution is -0.118. The number of amides is 1. The van der Waals surface area contributed by atoms with Gasteiger partial charge in [0.2, 0.25) is 5.91 Å². The van der Waals surface area contributed by atoms with Gasteiger partial charge in [-0.15, -0.1) is 11.8 Å². The van der Waals surface area contributed by atoms with Crippen LogP contribution in [0.2, 0.25) is 5.02 Å². The van der Waals surface area contributed by atoms with E-state index in [-0.39, 0.29) is 11.9 Å². The van der Waals surface area contributed by atoms with Crippen LogP contribution in [0.25, 0.3) is 0 Å². The highest BCUT2D eigenvalue weighted by atomic mass is 35.5. The standard InChI is InChI=1S/C18H19ClN2OS/c19-14-5-7-15(8-6-14)23-12-18(22)21-11-17-16-4-2-1-3-13(16)9-10-20-17/h1-8,17,20H,9-12H2,(H,21,22). The molecule has 1 heterocycles. The van der Waals surface area contributed by atoms with Crippen molar-refractivity contribution in [2.45, 2.75) is 17.4 Å². The van der Waals surface area contributed by atoms with Crippen LogP contribution in [0.4, 0.5) is 0 Å². The van der Waals surface area contributed by atoms with Gasteiger partial charge in [0, 0.05) is 22.5 Å². The molecule has 0 aromatic heterocycles. The Morgan fingerprint density at radius 2 is 2.00 bits per heavy atom.